The van der Waals surface area contributed by atoms with Gasteiger partial charge in [0, 0.05) is 0 Å². The number of halogens is 1. The lowest BCUT2D eigenvalue weighted by atomic mass is 10.1. The van der Waals surface area contributed by atoms with E-state index in [0.29, 0.717) is 10.4 Å². The molecule has 1 rings (SSSR count). The molecule has 0 saturated heterocycles. The SMILES string of the molecule is CC(C#N)c1ccc(Br)o1. The van der Waals surface area contributed by atoms with Crippen LogP contribution in [0.1, 0.15) is 18.6 Å². The third-order valence-electron chi connectivity index (χ3n) is 1.21. The van der Waals surface area contributed by atoms with Gasteiger partial charge < -0.3 is 4.42 Å². The molecule has 0 aromatic carbocycles. The Morgan fingerprint density at radius 2 is 2.40 bits per heavy atom. The number of rotatable bonds is 1. The van der Waals surface area contributed by atoms with Crippen LogP contribution in [-0.2, 0) is 0 Å². The first-order valence-corrected chi connectivity index (χ1v) is 3.68. The lowest BCUT2D eigenvalue weighted by molar-refractivity contribution is 0.481. The van der Waals surface area contributed by atoms with Crippen molar-refractivity contribution in [1.82, 2.24) is 0 Å². The highest BCUT2D eigenvalue weighted by Crippen LogP contribution is 2.20. The minimum atomic E-state index is -0.161. The van der Waals surface area contributed by atoms with Crippen LogP contribution >= 0.6 is 15.9 Å². The smallest absolute Gasteiger partial charge is 0.169 e. The van der Waals surface area contributed by atoms with Gasteiger partial charge in [-0.1, -0.05) is 0 Å². The molecule has 1 atom stereocenters. The van der Waals surface area contributed by atoms with Crippen molar-refractivity contribution in [2.24, 2.45) is 0 Å². The van der Waals surface area contributed by atoms with Crippen molar-refractivity contribution in [2.75, 3.05) is 0 Å². The van der Waals surface area contributed by atoms with E-state index in [1.165, 1.54) is 0 Å². The highest BCUT2D eigenvalue weighted by molar-refractivity contribution is 9.10. The number of furan rings is 1. The quantitative estimate of drug-likeness (QED) is 0.698. The van der Waals surface area contributed by atoms with E-state index in [9.17, 15) is 0 Å². The number of nitrogens with zero attached hydrogens (tertiary/aromatic N) is 1. The lowest BCUT2D eigenvalue weighted by Crippen LogP contribution is -1.83. The van der Waals surface area contributed by atoms with E-state index in [-0.39, 0.29) is 5.92 Å². The maximum atomic E-state index is 8.47. The summed E-state index contributed by atoms with van der Waals surface area (Å²) in [5, 5.41) is 8.47. The Hall–Kier alpha value is -0.750. The maximum Gasteiger partial charge on any atom is 0.169 e. The summed E-state index contributed by atoms with van der Waals surface area (Å²) in [6.45, 7) is 1.80. The highest BCUT2D eigenvalue weighted by Gasteiger charge is 2.06. The lowest BCUT2D eigenvalue weighted by Gasteiger charge is -1.92. The van der Waals surface area contributed by atoms with E-state index in [1.54, 1.807) is 19.1 Å². The minimum Gasteiger partial charge on any atom is -0.453 e. The van der Waals surface area contributed by atoms with Gasteiger partial charge in [0.1, 0.15) is 11.7 Å². The molecule has 3 heteroatoms. The number of nitriles is 1. The second kappa shape index (κ2) is 2.89. The molecule has 0 amide bonds. The summed E-state index contributed by atoms with van der Waals surface area (Å²) in [5.41, 5.74) is 0. The first-order chi connectivity index (χ1) is 4.74. The van der Waals surface area contributed by atoms with Gasteiger partial charge in [0.05, 0.1) is 6.07 Å². The van der Waals surface area contributed by atoms with Crippen LogP contribution in [0.25, 0.3) is 0 Å². The summed E-state index contributed by atoms with van der Waals surface area (Å²) in [5.74, 6) is 0.542. The molecule has 52 valence electrons. The molecule has 1 aromatic rings. The molecule has 0 aliphatic carbocycles. The van der Waals surface area contributed by atoms with Gasteiger partial charge >= 0.3 is 0 Å². The predicted octanol–water partition coefficient (Wildman–Crippen LogP) is 2.67. The van der Waals surface area contributed by atoms with Crippen LogP contribution < -0.4 is 0 Å². The van der Waals surface area contributed by atoms with E-state index < -0.39 is 0 Å². The molecule has 1 heterocycles. The second-order valence-electron chi connectivity index (χ2n) is 1.99. The fourth-order valence-corrected chi connectivity index (χ4v) is 0.944. The van der Waals surface area contributed by atoms with Crippen LogP contribution in [0.15, 0.2) is 21.2 Å². The van der Waals surface area contributed by atoms with Crippen LogP contribution in [0.4, 0.5) is 0 Å². The summed E-state index contributed by atoms with van der Waals surface area (Å²) in [4.78, 5) is 0. The Balaban J connectivity index is 2.87. The largest absolute Gasteiger partial charge is 0.453 e. The van der Waals surface area contributed by atoms with E-state index in [0.717, 1.165) is 0 Å². The molecule has 0 fully saturated rings. The van der Waals surface area contributed by atoms with Gasteiger partial charge in [-0.25, -0.2) is 0 Å². The van der Waals surface area contributed by atoms with Crippen LogP contribution in [0, 0.1) is 11.3 Å². The van der Waals surface area contributed by atoms with E-state index in [4.69, 9.17) is 9.68 Å². The molecule has 0 spiro atoms. The van der Waals surface area contributed by atoms with Crippen molar-refractivity contribution in [3.63, 3.8) is 0 Å². The van der Waals surface area contributed by atoms with Crippen molar-refractivity contribution in [2.45, 2.75) is 12.8 Å². The molecule has 1 unspecified atom stereocenters. The standard InChI is InChI=1S/C7H6BrNO/c1-5(4-9)6-2-3-7(8)10-6/h2-3,5H,1H3. The molecule has 0 radical (unpaired) electrons. The Kier molecular flexibility index (Phi) is 2.13. The summed E-state index contributed by atoms with van der Waals surface area (Å²) in [6.07, 6.45) is 0. The van der Waals surface area contributed by atoms with Gasteiger partial charge in [0.25, 0.3) is 0 Å². The van der Waals surface area contributed by atoms with Gasteiger partial charge in [-0.3, -0.25) is 0 Å². The molecule has 2 nitrogen and oxygen atoms in total. The van der Waals surface area contributed by atoms with Gasteiger partial charge in [-0.05, 0) is 35.0 Å². The van der Waals surface area contributed by atoms with Crippen molar-refractivity contribution < 1.29 is 4.42 Å². The predicted molar refractivity (Wildman–Crippen MR) is 40.4 cm³/mol. The van der Waals surface area contributed by atoms with Crippen molar-refractivity contribution in [3.05, 3.63) is 22.6 Å². The zero-order chi connectivity index (χ0) is 7.56. The molecule has 0 aliphatic heterocycles. The Morgan fingerprint density at radius 1 is 1.70 bits per heavy atom. The van der Waals surface area contributed by atoms with Gasteiger partial charge in [-0.2, -0.15) is 5.26 Å². The third-order valence-corrected chi connectivity index (χ3v) is 1.64. The summed E-state index contributed by atoms with van der Waals surface area (Å²) < 4.78 is 5.80. The second-order valence-corrected chi connectivity index (χ2v) is 2.77. The average molecular weight is 200 g/mol. The maximum absolute atomic E-state index is 8.47. The summed E-state index contributed by atoms with van der Waals surface area (Å²) in [6, 6.07) is 5.65. The Morgan fingerprint density at radius 3 is 2.80 bits per heavy atom. The number of hydrogen-bond donors (Lipinski definition) is 0. The van der Waals surface area contributed by atoms with Gasteiger partial charge in [0.15, 0.2) is 4.67 Å². The first kappa shape index (κ1) is 7.36. The van der Waals surface area contributed by atoms with Crippen LogP contribution in [0.2, 0.25) is 0 Å². The average Bonchev–Trinajstić information content (AvgIpc) is 2.34. The van der Waals surface area contributed by atoms with Gasteiger partial charge in [0.2, 0.25) is 0 Å². The van der Waals surface area contributed by atoms with E-state index in [1.807, 2.05) is 0 Å². The topological polar surface area (TPSA) is 36.9 Å². The van der Waals surface area contributed by atoms with Gasteiger partial charge in [-0.15, -0.1) is 0 Å². The zero-order valence-corrected chi connectivity index (χ0v) is 7.05. The normalized spacial score (nSPS) is 12.5. The zero-order valence-electron chi connectivity index (χ0n) is 5.47. The summed E-state index contributed by atoms with van der Waals surface area (Å²) in [7, 11) is 0. The van der Waals surface area contributed by atoms with Crippen molar-refractivity contribution >= 4 is 15.9 Å². The fraction of sp³-hybridized carbons (Fsp3) is 0.286. The molecule has 0 bridgehead atoms. The molecule has 0 N–H and O–H groups in total. The van der Waals surface area contributed by atoms with Crippen LogP contribution in [0.5, 0.6) is 0 Å². The molecular formula is C7H6BrNO. The fourth-order valence-electron chi connectivity index (χ4n) is 0.625. The first-order valence-electron chi connectivity index (χ1n) is 2.89. The van der Waals surface area contributed by atoms with E-state index in [2.05, 4.69) is 22.0 Å². The summed E-state index contributed by atoms with van der Waals surface area (Å²) >= 11 is 3.15. The highest BCUT2D eigenvalue weighted by atomic mass is 79.9. The minimum absolute atomic E-state index is 0.161. The van der Waals surface area contributed by atoms with Crippen molar-refractivity contribution in [3.8, 4) is 6.07 Å². The molecule has 0 aliphatic rings. The molecule has 1 aromatic heterocycles. The molecule has 0 saturated carbocycles. The van der Waals surface area contributed by atoms with Crippen LogP contribution in [-0.4, -0.2) is 0 Å². The van der Waals surface area contributed by atoms with E-state index >= 15 is 0 Å². The number of hydrogen-bond acceptors (Lipinski definition) is 2. The molecular weight excluding hydrogens is 194 g/mol. The monoisotopic (exact) mass is 199 g/mol. The Bertz CT molecular complexity index is 261. The van der Waals surface area contributed by atoms with Crippen LogP contribution in [0.3, 0.4) is 0 Å². The molecule has 10 heavy (non-hydrogen) atoms. The third kappa shape index (κ3) is 1.39. The van der Waals surface area contributed by atoms with Crippen molar-refractivity contribution in [1.29, 1.82) is 5.26 Å². The Labute approximate surface area is 67.6 Å².